The van der Waals surface area contributed by atoms with Crippen molar-refractivity contribution in [2.24, 2.45) is 22.7 Å². The Morgan fingerprint density at radius 2 is 1.96 bits per heavy atom. The average molecular weight is 352 g/mol. The summed E-state index contributed by atoms with van der Waals surface area (Å²) < 4.78 is 11.0. The molecule has 0 spiro atoms. The normalized spacial score (nSPS) is 30.2. The Morgan fingerprint density at radius 1 is 1.12 bits per heavy atom. The first kappa shape index (κ1) is 19.0. The molecule has 3 unspecified atom stereocenters. The largest absolute Gasteiger partial charge is 0.385 e. The molecule has 25 heavy (non-hydrogen) atoms. The number of rotatable bonds is 8. The zero-order chi connectivity index (χ0) is 17.5. The van der Waals surface area contributed by atoms with Gasteiger partial charge in [-0.15, -0.1) is 0 Å². The lowest BCUT2D eigenvalue weighted by atomic mass is 9.86. The summed E-state index contributed by atoms with van der Waals surface area (Å²) in [5, 5.41) is 3.62. The van der Waals surface area contributed by atoms with Crippen LogP contribution in [0.15, 0.2) is 4.99 Å². The quantitative estimate of drug-likeness (QED) is 0.415. The van der Waals surface area contributed by atoms with Gasteiger partial charge in [-0.3, -0.25) is 4.99 Å². The maximum Gasteiger partial charge on any atom is 0.193 e. The van der Waals surface area contributed by atoms with E-state index in [-0.39, 0.29) is 0 Å². The number of aliphatic imine (C=N–C) groups is 1. The van der Waals surface area contributed by atoms with E-state index in [9.17, 15) is 0 Å². The summed E-state index contributed by atoms with van der Waals surface area (Å²) in [5.74, 6) is 4.13. The molecular formula is C20H37N3O2. The third kappa shape index (κ3) is 5.33. The monoisotopic (exact) mass is 351 g/mol. The summed E-state index contributed by atoms with van der Waals surface area (Å²) in [6.07, 6.45) is 10.9. The van der Waals surface area contributed by atoms with Crippen molar-refractivity contribution in [2.75, 3.05) is 47.0 Å². The molecule has 0 aromatic heterocycles. The number of nitrogens with zero attached hydrogens (tertiary/aromatic N) is 2. The molecule has 0 radical (unpaired) electrons. The lowest BCUT2D eigenvalue weighted by molar-refractivity contribution is 0.00990. The van der Waals surface area contributed by atoms with Gasteiger partial charge in [0.05, 0.1) is 6.10 Å². The van der Waals surface area contributed by atoms with Crippen LogP contribution in [0.2, 0.25) is 0 Å². The van der Waals surface area contributed by atoms with Crippen molar-refractivity contribution in [3.05, 3.63) is 0 Å². The van der Waals surface area contributed by atoms with Crippen LogP contribution < -0.4 is 5.32 Å². The van der Waals surface area contributed by atoms with Gasteiger partial charge in [0.2, 0.25) is 0 Å². The van der Waals surface area contributed by atoms with Gasteiger partial charge in [-0.25, -0.2) is 0 Å². The van der Waals surface area contributed by atoms with Crippen LogP contribution in [0, 0.1) is 17.8 Å². The Hall–Kier alpha value is -0.810. The number of hydrogen-bond donors (Lipinski definition) is 1. The summed E-state index contributed by atoms with van der Waals surface area (Å²) in [4.78, 5) is 6.91. The van der Waals surface area contributed by atoms with Crippen LogP contribution in [0.5, 0.6) is 0 Å². The Balaban J connectivity index is 1.31. The topological polar surface area (TPSA) is 46.1 Å². The number of ether oxygens (including phenoxy) is 2. The van der Waals surface area contributed by atoms with E-state index in [1.807, 2.05) is 7.05 Å². The molecule has 0 amide bonds. The van der Waals surface area contributed by atoms with Gasteiger partial charge in [-0.2, -0.15) is 0 Å². The SMILES string of the molecule is CN=C(NCCC1CC2CCC1C2)N1CCC(OCCCOC)CC1. The predicted octanol–water partition coefficient (Wildman–Crippen LogP) is 2.91. The van der Waals surface area contributed by atoms with Crippen LogP contribution in [0.1, 0.15) is 51.4 Å². The maximum atomic E-state index is 5.96. The van der Waals surface area contributed by atoms with Crippen LogP contribution in [-0.4, -0.2) is 64.0 Å². The van der Waals surface area contributed by atoms with Gasteiger partial charge < -0.3 is 19.7 Å². The van der Waals surface area contributed by atoms with Gasteiger partial charge in [0.1, 0.15) is 0 Å². The van der Waals surface area contributed by atoms with E-state index >= 15 is 0 Å². The first-order valence-corrected chi connectivity index (χ1v) is 10.4. The molecule has 2 aliphatic carbocycles. The number of piperidine rings is 1. The number of likely N-dealkylation sites (tertiary alicyclic amines) is 1. The van der Waals surface area contributed by atoms with Crippen LogP contribution in [-0.2, 0) is 9.47 Å². The highest BCUT2D eigenvalue weighted by molar-refractivity contribution is 5.79. The van der Waals surface area contributed by atoms with Gasteiger partial charge in [-0.1, -0.05) is 6.42 Å². The summed E-state index contributed by atoms with van der Waals surface area (Å²) in [6, 6.07) is 0. The Labute approximate surface area is 153 Å². The maximum absolute atomic E-state index is 5.96. The summed E-state index contributed by atoms with van der Waals surface area (Å²) in [7, 11) is 3.65. The summed E-state index contributed by atoms with van der Waals surface area (Å²) >= 11 is 0. The number of guanidine groups is 1. The molecule has 1 N–H and O–H groups in total. The highest BCUT2D eigenvalue weighted by atomic mass is 16.5. The molecule has 3 atom stereocenters. The number of methoxy groups -OCH3 is 1. The van der Waals surface area contributed by atoms with E-state index in [0.29, 0.717) is 6.10 Å². The molecule has 1 aliphatic heterocycles. The second kappa shape index (κ2) is 9.77. The minimum absolute atomic E-state index is 0.403. The molecule has 1 saturated heterocycles. The fourth-order valence-electron chi connectivity index (χ4n) is 5.12. The third-order valence-electron chi connectivity index (χ3n) is 6.48. The second-order valence-corrected chi connectivity index (χ2v) is 8.10. The molecule has 1 heterocycles. The minimum Gasteiger partial charge on any atom is -0.385 e. The van der Waals surface area contributed by atoms with Crippen molar-refractivity contribution in [3.63, 3.8) is 0 Å². The minimum atomic E-state index is 0.403. The van der Waals surface area contributed by atoms with Crippen molar-refractivity contribution >= 4 is 5.96 Å². The van der Waals surface area contributed by atoms with Gasteiger partial charge in [0.25, 0.3) is 0 Å². The first-order valence-electron chi connectivity index (χ1n) is 10.4. The fourth-order valence-corrected chi connectivity index (χ4v) is 5.12. The Bertz CT molecular complexity index is 421. The van der Waals surface area contributed by atoms with Crippen molar-refractivity contribution < 1.29 is 9.47 Å². The zero-order valence-electron chi connectivity index (χ0n) is 16.2. The van der Waals surface area contributed by atoms with E-state index in [1.165, 1.54) is 32.1 Å². The fraction of sp³-hybridized carbons (Fsp3) is 0.950. The van der Waals surface area contributed by atoms with Crippen molar-refractivity contribution in [1.29, 1.82) is 0 Å². The average Bonchev–Trinajstić information content (AvgIpc) is 3.26. The molecule has 0 aromatic rings. The molecule has 5 nitrogen and oxygen atoms in total. The molecule has 144 valence electrons. The molecule has 3 fully saturated rings. The standard InChI is InChI=1S/C20H37N3O2/c1-21-20(22-9-6-18-15-16-4-5-17(18)14-16)23-10-7-19(8-11-23)25-13-3-12-24-2/h16-19H,3-15H2,1-2H3,(H,21,22). The number of hydrogen-bond acceptors (Lipinski definition) is 3. The summed E-state index contributed by atoms with van der Waals surface area (Å²) in [6.45, 7) is 4.77. The van der Waals surface area contributed by atoms with Gasteiger partial charge in [0.15, 0.2) is 5.96 Å². The Kier molecular flexibility index (Phi) is 7.41. The lowest BCUT2D eigenvalue weighted by Gasteiger charge is -2.34. The van der Waals surface area contributed by atoms with E-state index < -0.39 is 0 Å². The van der Waals surface area contributed by atoms with E-state index in [2.05, 4.69) is 15.2 Å². The van der Waals surface area contributed by atoms with Crippen LogP contribution in [0.3, 0.4) is 0 Å². The van der Waals surface area contributed by atoms with Crippen molar-refractivity contribution in [1.82, 2.24) is 10.2 Å². The molecule has 2 bridgehead atoms. The van der Waals surface area contributed by atoms with Gasteiger partial charge in [0, 0.05) is 47.0 Å². The first-order chi connectivity index (χ1) is 12.3. The van der Waals surface area contributed by atoms with Crippen LogP contribution >= 0.6 is 0 Å². The Morgan fingerprint density at radius 3 is 2.60 bits per heavy atom. The predicted molar refractivity (Wildman–Crippen MR) is 102 cm³/mol. The summed E-state index contributed by atoms with van der Waals surface area (Å²) in [5.41, 5.74) is 0. The van der Waals surface area contributed by atoms with Crippen LogP contribution in [0.4, 0.5) is 0 Å². The smallest absolute Gasteiger partial charge is 0.193 e. The highest BCUT2D eigenvalue weighted by Crippen LogP contribution is 2.49. The van der Waals surface area contributed by atoms with Gasteiger partial charge in [-0.05, 0) is 62.7 Å². The van der Waals surface area contributed by atoms with Crippen molar-refractivity contribution in [3.8, 4) is 0 Å². The number of nitrogens with one attached hydrogen (secondary N) is 1. The molecule has 3 aliphatic rings. The second-order valence-electron chi connectivity index (χ2n) is 8.10. The molecule has 0 aromatic carbocycles. The van der Waals surface area contributed by atoms with Gasteiger partial charge >= 0.3 is 0 Å². The van der Waals surface area contributed by atoms with Crippen molar-refractivity contribution in [2.45, 2.75) is 57.5 Å². The number of fused-ring (bicyclic) bond motifs is 2. The van der Waals surface area contributed by atoms with E-state index in [1.54, 1.807) is 7.11 Å². The molecular weight excluding hydrogens is 314 g/mol. The molecule has 3 rings (SSSR count). The highest BCUT2D eigenvalue weighted by Gasteiger charge is 2.38. The lowest BCUT2D eigenvalue weighted by Crippen LogP contribution is -2.47. The molecule has 2 saturated carbocycles. The van der Waals surface area contributed by atoms with E-state index in [0.717, 1.165) is 75.8 Å². The molecule has 5 heteroatoms. The zero-order valence-corrected chi connectivity index (χ0v) is 16.2. The van der Waals surface area contributed by atoms with Crippen LogP contribution in [0.25, 0.3) is 0 Å². The third-order valence-corrected chi connectivity index (χ3v) is 6.48. The van der Waals surface area contributed by atoms with E-state index in [4.69, 9.17) is 9.47 Å².